The summed E-state index contributed by atoms with van der Waals surface area (Å²) in [5.74, 6) is 0.838. The third-order valence-electron chi connectivity index (χ3n) is 2.33. The molecular formula is C14H23BrN2O3. The van der Waals surface area contributed by atoms with Gasteiger partial charge in [-0.1, -0.05) is 0 Å². The molecule has 5 nitrogen and oxygen atoms in total. The SMILES string of the molecule is CC(C)(CNCc1ccc(Br)o1)NC(=O)OC(C)(C)C. The zero-order valence-corrected chi connectivity index (χ0v) is 14.3. The molecule has 6 heteroatoms. The molecule has 1 rings (SSSR count). The molecule has 20 heavy (non-hydrogen) atoms. The van der Waals surface area contributed by atoms with Crippen molar-refractivity contribution >= 4 is 22.0 Å². The number of amides is 1. The largest absolute Gasteiger partial charge is 0.453 e. The van der Waals surface area contributed by atoms with E-state index in [1.54, 1.807) is 0 Å². The highest BCUT2D eigenvalue weighted by Crippen LogP contribution is 2.14. The van der Waals surface area contributed by atoms with E-state index in [0.29, 0.717) is 17.8 Å². The minimum absolute atomic E-state index is 0.411. The third kappa shape index (κ3) is 6.96. The fourth-order valence-electron chi connectivity index (χ4n) is 1.57. The fourth-order valence-corrected chi connectivity index (χ4v) is 1.91. The highest BCUT2D eigenvalue weighted by molar-refractivity contribution is 9.10. The molecule has 0 saturated heterocycles. The van der Waals surface area contributed by atoms with Crippen LogP contribution in [0.5, 0.6) is 0 Å². The van der Waals surface area contributed by atoms with Gasteiger partial charge in [0.25, 0.3) is 0 Å². The monoisotopic (exact) mass is 346 g/mol. The van der Waals surface area contributed by atoms with Gasteiger partial charge in [-0.3, -0.25) is 0 Å². The summed E-state index contributed by atoms with van der Waals surface area (Å²) >= 11 is 3.26. The van der Waals surface area contributed by atoms with Crippen LogP contribution in [0.25, 0.3) is 0 Å². The highest BCUT2D eigenvalue weighted by Gasteiger charge is 2.24. The summed E-state index contributed by atoms with van der Waals surface area (Å²) in [7, 11) is 0. The van der Waals surface area contributed by atoms with Crippen LogP contribution in [-0.2, 0) is 11.3 Å². The van der Waals surface area contributed by atoms with E-state index in [1.165, 1.54) is 0 Å². The average molecular weight is 347 g/mol. The van der Waals surface area contributed by atoms with Crippen molar-refractivity contribution in [1.29, 1.82) is 0 Å². The minimum Gasteiger partial charge on any atom is -0.453 e. The molecule has 0 aliphatic rings. The van der Waals surface area contributed by atoms with E-state index in [9.17, 15) is 4.79 Å². The molecule has 1 aromatic heterocycles. The summed E-state index contributed by atoms with van der Waals surface area (Å²) < 4.78 is 11.3. The molecule has 1 heterocycles. The maximum absolute atomic E-state index is 11.7. The molecule has 114 valence electrons. The number of hydrogen-bond acceptors (Lipinski definition) is 4. The van der Waals surface area contributed by atoms with Gasteiger partial charge < -0.3 is 19.8 Å². The number of nitrogens with one attached hydrogen (secondary N) is 2. The quantitative estimate of drug-likeness (QED) is 0.857. The van der Waals surface area contributed by atoms with Crippen LogP contribution in [0.2, 0.25) is 0 Å². The van der Waals surface area contributed by atoms with E-state index in [-0.39, 0.29) is 0 Å². The highest BCUT2D eigenvalue weighted by atomic mass is 79.9. The number of carbonyl (C=O) groups excluding carboxylic acids is 1. The molecule has 0 aliphatic carbocycles. The number of alkyl carbamates (subject to hydrolysis) is 1. The number of rotatable bonds is 5. The molecule has 0 saturated carbocycles. The fraction of sp³-hybridized carbons (Fsp3) is 0.643. The molecule has 2 N–H and O–H groups in total. The molecule has 0 spiro atoms. The number of ether oxygens (including phenoxy) is 1. The molecule has 0 bridgehead atoms. The van der Waals surface area contributed by atoms with E-state index in [2.05, 4.69) is 26.6 Å². The molecule has 1 amide bonds. The van der Waals surface area contributed by atoms with Gasteiger partial charge >= 0.3 is 6.09 Å². The maximum Gasteiger partial charge on any atom is 0.408 e. The third-order valence-corrected chi connectivity index (χ3v) is 2.76. The van der Waals surface area contributed by atoms with Gasteiger partial charge in [0.15, 0.2) is 4.67 Å². The summed E-state index contributed by atoms with van der Waals surface area (Å²) in [6, 6.07) is 3.74. The van der Waals surface area contributed by atoms with E-state index in [1.807, 2.05) is 46.8 Å². The molecule has 0 aromatic carbocycles. The Bertz CT molecular complexity index is 450. The molecule has 0 aliphatic heterocycles. The van der Waals surface area contributed by atoms with Crippen molar-refractivity contribution in [1.82, 2.24) is 10.6 Å². The predicted octanol–water partition coefficient (Wildman–Crippen LogP) is 3.44. The Morgan fingerprint density at radius 2 is 1.95 bits per heavy atom. The lowest BCUT2D eigenvalue weighted by atomic mass is 10.1. The zero-order valence-electron chi connectivity index (χ0n) is 12.7. The topological polar surface area (TPSA) is 63.5 Å². The normalized spacial score (nSPS) is 12.3. The van der Waals surface area contributed by atoms with Crippen molar-refractivity contribution in [2.24, 2.45) is 0 Å². The maximum atomic E-state index is 11.7. The molecule has 0 radical (unpaired) electrons. The van der Waals surface area contributed by atoms with Crippen LogP contribution in [0.3, 0.4) is 0 Å². The minimum atomic E-state index is -0.492. The number of hydrogen-bond donors (Lipinski definition) is 2. The first kappa shape index (κ1) is 17.0. The molecular weight excluding hydrogens is 324 g/mol. The number of carbonyl (C=O) groups is 1. The number of halogens is 1. The van der Waals surface area contributed by atoms with Gasteiger partial charge in [0.1, 0.15) is 11.4 Å². The van der Waals surface area contributed by atoms with Crippen molar-refractivity contribution in [2.45, 2.75) is 52.3 Å². The van der Waals surface area contributed by atoms with Gasteiger partial charge in [0, 0.05) is 6.54 Å². The van der Waals surface area contributed by atoms with Crippen molar-refractivity contribution in [2.75, 3.05) is 6.54 Å². The van der Waals surface area contributed by atoms with Crippen molar-refractivity contribution in [3.8, 4) is 0 Å². The average Bonchev–Trinajstić information content (AvgIpc) is 2.59. The second-order valence-corrected chi connectivity index (χ2v) is 7.10. The molecule has 0 atom stereocenters. The Morgan fingerprint density at radius 3 is 2.45 bits per heavy atom. The van der Waals surface area contributed by atoms with Crippen LogP contribution in [0.15, 0.2) is 21.2 Å². The lowest BCUT2D eigenvalue weighted by Crippen LogP contribution is -2.51. The van der Waals surface area contributed by atoms with Crippen molar-refractivity contribution in [3.05, 3.63) is 22.6 Å². The first-order valence-electron chi connectivity index (χ1n) is 6.53. The lowest BCUT2D eigenvalue weighted by molar-refractivity contribution is 0.0472. The Kier molecular flexibility index (Phi) is 5.65. The van der Waals surface area contributed by atoms with Crippen LogP contribution in [0.1, 0.15) is 40.4 Å². The van der Waals surface area contributed by atoms with Gasteiger partial charge in [-0.15, -0.1) is 0 Å². The van der Waals surface area contributed by atoms with Crippen molar-refractivity contribution in [3.63, 3.8) is 0 Å². The zero-order chi connectivity index (χ0) is 15.4. The summed E-state index contributed by atoms with van der Waals surface area (Å²) in [6.45, 7) is 10.6. The Balaban J connectivity index is 2.35. The summed E-state index contributed by atoms with van der Waals surface area (Å²) in [4.78, 5) is 11.7. The Labute approximate surface area is 128 Å². The van der Waals surface area contributed by atoms with E-state index in [4.69, 9.17) is 9.15 Å². The van der Waals surface area contributed by atoms with Gasteiger partial charge in [-0.05, 0) is 62.7 Å². The Morgan fingerprint density at radius 1 is 1.30 bits per heavy atom. The van der Waals surface area contributed by atoms with Gasteiger partial charge in [-0.2, -0.15) is 0 Å². The predicted molar refractivity (Wildman–Crippen MR) is 81.6 cm³/mol. The second-order valence-electron chi connectivity index (χ2n) is 6.32. The summed E-state index contributed by atoms with van der Waals surface area (Å²) in [6.07, 6.45) is -0.412. The van der Waals surface area contributed by atoms with E-state index in [0.717, 1.165) is 5.76 Å². The van der Waals surface area contributed by atoms with Crippen LogP contribution in [0.4, 0.5) is 4.79 Å². The van der Waals surface area contributed by atoms with Crippen LogP contribution in [0, 0.1) is 0 Å². The smallest absolute Gasteiger partial charge is 0.408 e. The van der Waals surface area contributed by atoms with Gasteiger partial charge in [-0.25, -0.2) is 4.79 Å². The van der Waals surface area contributed by atoms with E-state index < -0.39 is 17.2 Å². The lowest BCUT2D eigenvalue weighted by Gasteiger charge is -2.28. The Hall–Kier alpha value is -1.01. The van der Waals surface area contributed by atoms with Crippen LogP contribution < -0.4 is 10.6 Å². The molecule has 1 aromatic rings. The molecule has 0 unspecified atom stereocenters. The van der Waals surface area contributed by atoms with Gasteiger partial charge in [0.05, 0.1) is 12.1 Å². The molecule has 0 fully saturated rings. The van der Waals surface area contributed by atoms with Crippen molar-refractivity contribution < 1.29 is 13.9 Å². The first-order chi connectivity index (χ1) is 9.07. The summed E-state index contributed by atoms with van der Waals surface area (Å²) in [5, 5.41) is 6.08. The van der Waals surface area contributed by atoms with E-state index >= 15 is 0 Å². The summed E-state index contributed by atoms with van der Waals surface area (Å²) in [5.41, 5.74) is -0.903. The second kappa shape index (κ2) is 6.63. The number of furan rings is 1. The van der Waals surface area contributed by atoms with Crippen LogP contribution >= 0.6 is 15.9 Å². The van der Waals surface area contributed by atoms with Gasteiger partial charge in [0.2, 0.25) is 0 Å². The standard InChI is InChI=1S/C14H23BrN2O3/c1-13(2,3)20-12(18)17-14(4,5)9-16-8-10-6-7-11(15)19-10/h6-7,16H,8-9H2,1-5H3,(H,17,18). The first-order valence-corrected chi connectivity index (χ1v) is 7.33. The van der Waals surface area contributed by atoms with Crippen LogP contribution in [-0.4, -0.2) is 23.8 Å².